The fourth-order valence-corrected chi connectivity index (χ4v) is 4.04. The maximum atomic E-state index is 12.8. The van der Waals surface area contributed by atoms with E-state index in [0.717, 1.165) is 17.6 Å². The van der Waals surface area contributed by atoms with Gasteiger partial charge in [-0.1, -0.05) is 31.0 Å². The van der Waals surface area contributed by atoms with Crippen LogP contribution in [-0.2, 0) is 19.6 Å². The highest BCUT2D eigenvalue weighted by Gasteiger charge is 2.34. The van der Waals surface area contributed by atoms with E-state index >= 15 is 0 Å². The van der Waals surface area contributed by atoms with Gasteiger partial charge in [-0.25, -0.2) is 13.2 Å². The van der Waals surface area contributed by atoms with Gasteiger partial charge in [0.2, 0.25) is 10.0 Å². The molecule has 0 fully saturated rings. The summed E-state index contributed by atoms with van der Waals surface area (Å²) in [6.45, 7) is 6.29. The van der Waals surface area contributed by atoms with Gasteiger partial charge in [0.1, 0.15) is 0 Å². The average Bonchev–Trinajstić information content (AvgIpc) is 2.93. The summed E-state index contributed by atoms with van der Waals surface area (Å²) in [5, 5.41) is 0. The molecule has 0 saturated carbocycles. The van der Waals surface area contributed by atoms with Gasteiger partial charge in [-0.15, -0.1) is 0 Å². The number of carbonyl (C=O) groups is 1. The third-order valence-electron chi connectivity index (χ3n) is 3.86. The van der Waals surface area contributed by atoms with Gasteiger partial charge < -0.3 is 4.74 Å². The van der Waals surface area contributed by atoms with E-state index in [1.165, 1.54) is 4.31 Å². The molecule has 126 valence electrons. The highest BCUT2D eigenvalue weighted by Crippen LogP contribution is 2.28. The van der Waals surface area contributed by atoms with Gasteiger partial charge in [0, 0.05) is 13.1 Å². The average molecular weight is 337 g/mol. The summed E-state index contributed by atoms with van der Waals surface area (Å²) in [5.74, 6) is -0.405. The Morgan fingerprint density at radius 3 is 2.39 bits per heavy atom. The number of hydrogen-bond acceptors (Lipinski definition) is 4. The molecule has 0 amide bonds. The van der Waals surface area contributed by atoms with Crippen LogP contribution in [0.2, 0.25) is 0 Å². The maximum absolute atomic E-state index is 12.8. The molecule has 2 rings (SSSR count). The Morgan fingerprint density at radius 2 is 1.83 bits per heavy atom. The Morgan fingerprint density at radius 1 is 1.17 bits per heavy atom. The van der Waals surface area contributed by atoms with E-state index in [-0.39, 0.29) is 24.6 Å². The number of sulfonamides is 1. The molecule has 0 aromatic heterocycles. The summed E-state index contributed by atoms with van der Waals surface area (Å²) in [6, 6.07) is 6.75. The van der Waals surface area contributed by atoms with Crippen molar-refractivity contribution in [3.05, 3.63) is 41.0 Å². The summed E-state index contributed by atoms with van der Waals surface area (Å²) in [4.78, 5) is 12.3. The van der Waals surface area contributed by atoms with E-state index in [1.54, 1.807) is 31.2 Å². The Labute approximate surface area is 138 Å². The van der Waals surface area contributed by atoms with Gasteiger partial charge in [-0.05, 0) is 38.0 Å². The van der Waals surface area contributed by atoms with Gasteiger partial charge in [-0.2, -0.15) is 4.31 Å². The lowest BCUT2D eigenvalue weighted by atomic mass is 10.1. The van der Waals surface area contributed by atoms with Crippen LogP contribution in [0.3, 0.4) is 0 Å². The van der Waals surface area contributed by atoms with Crippen molar-refractivity contribution in [2.45, 2.75) is 38.5 Å². The van der Waals surface area contributed by atoms with Crippen molar-refractivity contribution in [2.24, 2.45) is 0 Å². The quantitative estimate of drug-likeness (QED) is 0.749. The van der Waals surface area contributed by atoms with Crippen LogP contribution in [0.5, 0.6) is 0 Å². The highest BCUT2D eigenvalue weighted by molar-refractivity contribution is 7.89. The SMILES string of the molecule is CCCC1=C(C(=O)OCC)CN(S(=O)(=O)c2ccc(C)cc2)C1. The third kappa shape index (κ3) is 3.82. The van der Waals surface area contributed by atoms with Gasteiger partial charge in [0.05, 0.1) is 17.1 Å². The summed E-state index contributed by atoms with van der Waals surface area (Å²) in [5.41, 5.74) is 2.36. The smallest absolute Gasteiger partial charge is 0.335 e. The van der Waals surface area contributed by atoms with Crippen LogP contribution >= 0.6 is 0 Å². The zero-order valence-corrected chi connectivity index (χ0v) is 14.6. The second kappa shape index (κ2) is 7.27. The second-order valence-electron chi connectivity index (χ2n) is 5.64. The zero-order chi connectivity index (χ0) is 17.0. The number of carbonyl (C=O) groups excluding carboxylic acids is 1. The number of esters is 1. The van der Waals surface area contributed by atoms with Crippen LogP contribution in [0.15, 0.2) is 40.3 Å². The molecule has 1 aromatic rings. The Balaban J connectivity index is 2.26. The molecular weight excluding hydrogens is 314 g/mol. The lowest BCUT2D eigenvalue weighted by Crippen LogP contribution is -2.30. The lowest BCUT2D eigenvalue weighted by molar-refractivity contribution is -0.138. The van der Waals surface area contributed by atoms with E-state index in [2.05, 4.69) is 0 Å². The largest absolute Gasteiger partial charge is 0.463 e. The summed E-state index contributed by atoms with van der Waals surface area (Å²) >= 11 is 0. The van der Waals surface area contributed by atoms with E-state index in [4.69, 9.17) is 4.74 Å². The molecule has 6 heteroatoms. The monoisotopic (exact) mass is 337 g/mol. The number of rotatable bonds is 6. The molecule has 0 atom stereocenters. The first-order chi connectivity index (χ1) is 10.9. The minimum atomic E-state index is -3.60. The predicted molar refractivity (Wildman–Crippen MR) is 88.5 cm³/mol. The molecule has 0 spiro atoms. The molecule has 5 nitrogen and oxygen atoms in total. The van der Waals surface area contributed by atoms with E-state index in [0.29, 0.717) is 12.0 Å². The van der Waals surface area contributed by atoms with Crippen molar-refractivity contribution in [3.63, 3.8) is 0 Å². The van der Waals surface area contributed by atoms with Gasteiger partial charge in [-0.3, -0.25) is 0 Å². The van der Waals surface area contributed by atoms with Crippen molar-refractivity contribution in [2.75, 3.05) is 19.7 Å². The number of nitrogens with zero attached hydrogens (tertiary/aromatic N) is 1. The van der Waals surface area contributed by atoms with Gasteiger partial charge in [0.25, 0.3) is 0 Å². The fourth-order valence-electron chi connectivity index (χ4n) is 2.64. The maximum Gasteiger partial charge on any atom is 0.335 e. The van der Waals surface area contributed by atoms with Crippen LogP contribution < -0.4 is 0 Å². The summed E-state index contributed by atoms with van der Waals surface area (Å²) in [6.07, 6.45) is 1.56. The van der Waals surface area contributed by atoms with Crippen LogP contribution in [0, 0.1) is 6.92 Å². The molecule has 0 unspecified atom stereocenters. The Hall–Kier alpha value is -1.66. The Bertz CT molecular complexity index is 705. The van der Waals surface area contributed by atoms with Crippen LogP contribution in [0.25, 0.3) is 0 Å². The predicted octanol–water partition coefficient (Wildman–Crippen LogP) is 2.66. The Kier molecular flexibility index (Phi) is 5.59. The topological polar surface area (TPSA) is 63.7 Å². The van der Waals surface area contributed by atoms with E-state index < -0.39 is 16.0 Å². The first-order valence-corrected chi connectivity index (χ1v) is 9.29. The van der Waals surface area contributed by atoms with Crippen LogP contribution in [-0.4, -0.2) is 38.4 Å². The van der Waals surface area contributed by atoms with Crippen molar-refractivity contribution in [3.8, 4) is 0 Å². The number of ether oxygens (including phenoxy) is 1. The first kappa shape index (κ1) is 17.7. The van der Waals surface area contributed by atoms with Crippen molar-refractivity contribution < 1.29 is 17.9 Å². The highest BCUT2D eigenvalue weighted by atomic mass is 32.2. The van der Waals surface area contributed by atoms with Gasteiger partial charge >= 0.3 is 5.97 Å². The molecule has 23 heavy (non-hydrogen) atoms. The molecule has 0 N–H and O–H groups in total. The molecule has 0 aliphatic carbocycles. The molecule has 1 heterocycles. The molecule has 0 saturated heterocycles. The number of hydrogen-bond donors (Lipinski definition) is 0. The molecule has 0 radical (unpaired) electrons. The van der Waals surface area contributed by atoms with Crippen molar-refractivity contribution in [1.29, 1.82) is 0 Å². The van der Waals surface area contributed by atoms with Crippen molar-refractivity contribution in [1.82, 2.24) is 4.31 Å². The van der Waals surface area contributed by atoms with Crippen LogP contribution in [0.4, 0.5) is 0 Å². The van der Waals surface area contributed by atoms with E-state index in [1.807, 2.05) is 13.8 Å². The standard InChI is InChI=1S/C17H23NO4S/c1-4-6-14-11-18(12-16(14)17(19)22-5-2)23(20,21)15-9-7-13(3)8-10-15/h7-10H,4-6,11-12H2,1-3H3. The summed E-state index contributed by atoms with van der Waals surface area (Å²) < 4.78 is 32.0. The van der Waals surface area contributed by atoms with Gasteiger partial charge in [0.15, 0.2) is 0 Å². The van der Waals surface area contributed by atoms with E-state index in [9.17, 15) is 13.2 Å². The first-order valence-electron chi connectivity index (χ1n) is 7.85. The minimum absolute atomic E-state index is 0.0877. The summed E-state index contributed by atoms with van der Waals surface area (Å²) in [7, 11) is -3.60. The molecule has 1 aliphatic rings. The number of benzene rings is 1. The zero-order valence-electron chi connectivity index (χ0n) is 13.8. The molecule has 0 bridgehead atoms. The molecular formula is C17H23NO4S. The lowest BCUT2D eigenvalue weighted by Gasteiger charge is -2.17. The second-order valence-corrected chi connectivity index (χ2v) is 7.58. The van der Waals surface area contributed by atoms with Crippen molar-refractivity contribution >= 4 is 16.0 Å². The molecule has 1 aromatic carbocycles. The van der Waals surface area contributed by atoms with Crippen LogP contribution in [0.1, 0.15) is 32.3 Å². The fraction of sp³-hybridized carbons (Fsp3) is 0.471. The minimum Gasteiger partial charge on any atom is -0.463 e. The number of aryl methyl sites for hydroxylation is 1. The third-order valence-corrected chi connectivity index (χ3v) is 5.67. The normalized spacial score (nSPS) is 16.0. The molecule has 1 aliphatic heterocycles.